The van der Waals surface area contributed by atoms with Gasteiger partial charge in [0, 0.05) is 0 Å². The molecule has 0 aromatic carbocycles. The van der Waals surface area contributed by atoms with Crippen molar-refractivity contribution in [2.75, 3.05) is 0 Å². The molecule has 0 spiro atoms. The first kappa shape index (κ1) is 10.0. The fraction of sp³-hybridized carbons (Fsp3) is 0. The van der Waals surface area contributed by atoms with Gasteiger partial charge in [0.05, 0.1) is 11.8 Å². The van der Waals surface area contributed by atoms with Crippen LogP contribution in [-0.4, -0.2) is 48.9 Å². The van der Waals surface area contributed by atoms with Gasteiger partial charge in [0.1, 0.15) is 10.8 Å². The molecule has 28 valence electrons. The van der Waals surface area contributed by atoms with Gasteiger partial charge in [-0.15, -0.1) is 0 Å². The van der Waals surface area contributed by atoms with Crippen LogP contribution in [0.3, 0.4) is 0 Å². The fourth-order valence-corrected chi connectivity index (χ4v) is 0.0612. The van der Waals surface area contributed by atoms with Crippen LogP contribution < -0.4 is 0 Å². The molecule has 0 bridgehead atoms. The van der Waals surface area contributed by atoms with Crippen molar-refractivity contribution in [1.82, 2.24) is 0 Å². The Morgan fingerprint density at radius 3 is 1.50 bits per heavy atom. The van der Waals surface area contributed by atoms with Crippen LogP contribution in [0.2, 0.25) is 0 Å². The first-order valence-corrected chi connectivity index (χ1v) is 1.67. The Balaban J connectivity index is 0. The number of nitriles is 2. The molecule has 6 heavy (non-hydrogen) atoms. The first-order chi connectivity index (χ1) is 2.41. The van der Waals surface area contributed by atoms with E-state index in [-0.39, 0.29) is 48.9 Å². The van der Waals surface area contributed by atoms with Crippen LogP contribution in [0.15, 0.2) is 0 Å². The van der Waals surface area contributed by atoms with E-state index < -0.39 is 0 Å². The van der Waals surface area contributed by atoms with Crippen molar-refractivity contribution < 1.29 is 0 Å². The van der Waals surface area contributed by atoms with E-state index in [2.05, 4.69) is 0 Å². The van der Waals surface area contributed by atoms with Crippen molar-refractivity contribution in [3.05, 3.63) is 0 Å². The summed E-state index contributed by atoms with van der Waals surface area (Å²) in [7, 11) is 0. The van der Waals surface area contributed by atoms with Gasteiger partial charge in [-0.25, -0.2) is 0 Å². The monoisotopic (exact) mass is 224 g/mol. The third-order valence-corrected chi connectivity index (χ3v) is 0.274. The fourth-order valence-electron chi connectivity index (χ4n) is 0.0204. The summed E-state index contributed by atoms with van der Waals surface area (Å²) in [6.07, 6.45) is 0. The van der Waals surface area contributed by atoms with Gasteiger partial charge >= 0.3 is 48.9 Å². The summed E-state index contributed by atoms with van der Waals surface area (Å²) in [6.45, 7) is 0. The Labute approximate surface area is 80.6 Å². The Hall–Kier alpha value is 0.901. The second-order valence-corrected chi connectivity index (χ2v) is 0.854. The molecule has 0 N–H and O–H groups in total. The van der Waals surface area contributed by atoms with Gasteiger partial charge in [0.25, 0.3) is 0 Å². The van der Waals surface area contributed by atoms with Gasteiger partial charge in [0.15, 0.2) is 0 Å². The quantitative estimate of drug-likeness (QED) is 0.421. The van der Waals surface area contributed by atoms with Gasteiger partial charge < -0.3 is 0 Å². The van der Waals surface area contributed by atoms with E-state index in [0.717, 1.165) is 0 Å². The molecule has 2 nitrogen and oxygen atoms in total. The third kappa shape index (κ3) is 8.86. The molecule has 0 aliphatic carbocycles. The molecule has 0 rings (SSSR count). The van der Waals surface area contributed by atoms with Crippen LogP contribution in [0.1, 0.15) is 0 Å². The summed E-state index contributed by atoms with van der Waals surface area (Å²) >= 11 is 0.574. The van der Waals surface area contributed by atoms with Gasteiger partial charge in [-0.1, -0.05) is 0 Å². The number of thiocyanates is 2. The molecule has 0 aliphatic heterocycles. The Morgan fingerprint density at radius 1 is 1.17 bits per heavy atom. The van der Waals surface area contributed by atoms with Crippen LogP contribution in [0.5, 0.6) is 0 Å². The summed E-state index contributed by atoms with van der Waals surface area (Å²) < 4.78 is 0. The Morgan fingerprint density at radius 2 is 1.50 bits per heavy atom. The molecule has 0 aromatic heterocycles. The van der Waals surface area contributed by atoms with Crippen molar-refractivity contribution >= 4 is 60.6 Å². The minimum absolute atomic E-state index is 0. The van der Waals surface area contributed by atoms with E-state index in [0.29, 0.717) is 11.8 Å². The number of hydrogen-bond donors (Lipinski definition) is 0. The average molecular weight is 223 g/mol. The normalized spacial score (nSPS) is 3.67. The summed E-state index contributed by atoms with van der Waals surface area (Å²) in [5.41, 5.74) is 0. The summed E-state index contributed by atoms with van der Waals surface area (Å²) in [4.78, 5) is 0. The van der Waals surface area contributed by atoms with E-state index in [1.54, 1.807) is 10.8 Å². The number of thioether (sulfide) groups is 1. The van der Waals surface area contributed by atoms with E-state index >= 15 is 0 Å². The molecular weight excluding hydrogens is 221 g/mol. The second kappa shape index (κ2) is 9.31. The van der Waals surface area contributed by atoms with E-state index in [9.17, 15) is 0 Å². The van der Waals surface area contributed by atoms with E-state index in [1.165, 1.54) is 0 Å². The zero-order valence-electron chi connectivity index (χ0n) is 2.30. The average Bonchev–Trinajstić information content (AvgIpc) is 1.41. The maximum absolute atomic E-state index is 7.56. The first-order valence-electron chi connectivity index (χ1n) is 0.855. The summed E-state index contributed by atoms with van der Waals surface area (Å²) in [5.74, 6) is 0. The SMILES string of the molecule is N#CSC#N.[BaH2]. The molecular formula is C2H2BaN2S. The van der Waals surface area contributed by atoms with Crippen LogP contribution >= 0.6 is 11.8 Å². The zero-order valence-corrected chi connectivity index (χ0v) is 3.12. The molecule has 0 atom stereocenters. The van der Waals surface area contributed by atoms with Crippen LogP contribution in [0.25, 0.3) is 0 Å². The molecule has 0 amide bonds. The van der Waals surface area contributed by atoms with Crippen molar-refractivity contribution in [2.45, 2.75) is 0 Å². The van der Waals surface area contributed by atoms with Gasteiger partial charge in [0.2, 0.25) is 0 Å². The summed E-state index contributed by atoms with van der Waals surface area (Å²) in [5, 5.41) is 18.3. The zero-order chi connectivity index (χ0) is 4.12. The molecule has 0 aromatic rings. The second-order valence-electron chi connectivity index (χ2n) is 0.285. The van der Waals surface area contributed by atoms with Crippen LogP contribution in [0, 0.1) is 21.3 Å². The minimum atomic E-state index is 0. The van der Waals surface area contributed by atoms with Crippen molar-refractivity contribution in [3.8, 4) is 10.8 Å². The van der Waals surface area contributed by atoms with Crippen molar-refractivity contribution in [1.29, 1.82) is 10.5 Å². The molecule has 0 saturated heterocycles. The van der Waals surface area contributed by atoms with Crippen molar-refractivity contribution in [3.63, 3.8) is 0 Å². The third-order valence-electron chi connectivity index (χ3n) is 0.0913. The Bertz CT molecular complexity index is 76.7. The van der Waals surface area contributed by atoms with Crippen LogP contribution in [0.4, 0.5) is 0 Å². The molecule has 0 unspecified atom stereocenters. The standard InChI is InChI=1S/C2N2S.Ba.2H/c3-1-5-2-4;;;. The molecule has 0 radical (unpaired) electrons. The maximum atomic E-state index is 7.56. The molecule has 0 aliphatic rings. The molecule has 0 saturated carbocycles. The molecule has 0 fully saturated rings. The molecule has 4 heteroatoms. The number of nitrogens with zero attached hydrogens (tertiary/aromatic N) is 2. The van der Waals surface area contributed by atoms with Gasteiger partial charge in [-0.2, -0.15) is 10.5 Å². The molecule has 0 heterocycles. The van der Waals surface area contributed by atoms with Crippen molar-refractivity contribution in [2.24, 2.45) is 0 Å². The number of hydrogen-bond acceptors (Lipinski definition) is 3. The number of rotatable bonds is 0. The summed E-state index contributed by atoms with van der Waals surface area (Å²) in [6, 6.07) is 0. The topological polar surface area (TPSA) is 47.6 Å². The predicted molar refractivity (Wildman–Crippen MR) is 27.4 cm³/mol. The Kier molecular flexibility index (Phi) is 15.5. The van der Waals surface area contributed by atoms with Crippen LogP contribution in [-0.2, 0) is 0 Å². The predicted octanol–water partition coefficient (Wildman–Crippen LogP) is -0.234. The van der Waals surface area contributed by atoms with E-state index in [4.69, 9.17) is 10.5 Å². The van der Waals surface area contributed by atoms with Gasteiger partial charge in [-0.3, -0.25) is 0 Å². The van der Waals surface area contributed by atoms with E-state index in [1.807, 2.05) is 0 Å². The van der Waals surface area contributed by atoms with Gasteiger partial charge in [-0.05, 0) is 0 Å².